The second kappa shape index (κ2) is 11.7. The second-order valence-corrected chi connectivity index (χ2v) is 13.8. The number of ether oxygens (including phenoxy) is 1. The smallest absolute Gasteiger partial charge is 0.335 e. The van der Waals surface area contributed by atoms with Crippen LogP contribution in [-0.4, -0.2) is 113 Å². The van der Waals surface area contributed by atoms with Crippen LogP contribution in [0.15, 0.2) is 48.0 Å². The number of likely N-dealkylation sites (tertiary alicyclic amines) is 2. The molecule has 2 bridgehead atoms. The Balaban J connectivity index is 0.000000320. The molecule has 8 rings (SSSR count). The molecule has 4 fully saturated rings. The Morgan fingerprint density at radius 3 is 2.31 bits per heavy atom. The summed E-state index contributed by atoms with van der Waals surface area (Å²) in [6, 6.07) is 12.7. The zero-order valence-corrected chi connectivity index (χ0v) is 26.1. The van der Waals surface area contributed by atoms with Crippen molar-refractivity contribution in [2.45, 2.75) is 86.4 Å². The summed E-state index contributed by atoms with van der Waals surface area (Å²) < 4.78 is 6.58. The van der Waals surface area contributed by atoms with Crippen molar-refractivity contribution in [2.24, 2.45) is 5.92 Å². The third-order valence-electron chi connectivity index (χ3n) is 11.1. The van der Waals surface area contributed by atoms with Gasteiger partial charge in [0, 0.05) is 23.7 Å². The molecule has 7 atom stereocenters. The van der Waals surface area contributed by atoms with Crippen molar-refractivity contribution < 1.29 is 54.6 Å². The summed E-state index contributed by atoms with van der Waals surface area (Å²) in [6.45, 7) is 1.85. The topological polar surface area (TPSA) is 205 Å². The normalized spacial score (nSPS) is 32.2. The number of nitrogens with zero attached hydrogens (tertiary/aromatic N) is 2. The van der Waals surface area contributed by atoms with E-state index in [0.29, 0.717) is 36.5 Å². The molecule has 3 unspecified atom stereocenters. The maximum atomic E-state index is 13.7. The number of benzene rings is 2. The number of phenolic OH excluding ortho intramolecular Hbond substituents is 1. The Kier molecular flexibility index (Phi) is 7.86. The molecule has 6 N–H and O–H groups in total. The van der Waals surface area contributed by atoms with E-state index in [4.69, 9.17) is 25.2 Å². The largest absolute Gasteiger partial charge is 0.504 e. The number of piperidine rings is 1. The third-order valence-corrected chi connectivity index (χ3v) is 11.1. The highest BCUT2D eigenvalue weighted by molar-refractivity contribution is 6.16. The number of hydrogen-bond acceptors (Lipinski definition) is 10. The van der Waals surface area contributed by atoms with Gasteiger partial charge in [-0.05, 0) is 74.3 Å². The third kappa shape index (κ3) is 4.90. The van der Waals surface area contributed by atoms with Crippen LogP contribution in [-0.2, 0) is 31.0 Å². The van der Waals surface area contributed by atoms with Crippen LogP contribution in [0.25, 0.3) is 6.08 Å². The molecule has 3 aliphatic carbocycles. The van der Waals surface area contributed by atoms with Gasteiger partial charge >= 0.3 is 11.9 Å². The van der Waals surface area contributed by atoms with Crippen LogP contribution in [0.5, 0.6) is 11.5 Å². The lowest BCUT2D eigenvalue weighted by Gasteiger charge is -2.64. The zero-order chi connectivity index (χ0) is 34.1. The number of rotatable bonds is 7. The molecule has 2 saturated carbocycles. The van der Waals surface area contributed by atoms with Crippen molar-refractivity contribution >= 4 is 29.8 Å². The van der Waals surface area contributed by atoms with Crippen molar-refractivity contribution in [3.8, 4) is 11.5 Å². The van der Waals surface area contributed by atoms with E-state index in [1.54, 1.807) is 12.1 Å². The van der Waals surface area contributed by atoms with Gasteiger partial charge in [-0.15, -0.1) is 0 Å². The quantitative estimate of drug-likeness (QED) is 0.182. The molecule has 0 aromatic heterocycles. The number of aliphatic hydroxyl groups excluding tert-OH is 2. The number of carbonyl (C=O) groups is 4. The number of aliphatic hydroxyl groups is 3. The highest BCUT2D eigenvalue weighted by Crippen LogP contribution is 2.66. The minimum absolute atomic E-state index is 0.0367. The van der Waals surface area contributed by atoms with Crippen molar-refractivity contribution in [3.63, 3.8) is 0 Å². The Hall–Kier alpha value is -4.30. The second-order valence-electron chi connectivity index (χ2n) is 13.8. The van der Waals surface area contributed by atoms with Gasteiger partial charge in [-0.25, -0.2) is 9.59 Å². The maximum absolute atomic E-state index is 13.7. The first kappa shape index (κ1) is 32.3. The highest BCUT2D eigenvalue weighted by atomic mass is 16.5. The van der Waals surface area contributed by atoms with Gasteiger partial charge in [-0.3, -0.25) is 19.4 Å². The number of aliphatic carboxylic acids is 2. The molecule has 6 aliphatic rings. The summed E-state index contributed by atoms with van der Waals surface area (Å²) in [7, 11) is 0. The number of carboxylic acid groups (broad SMARTS) is 2. The summed E-state index contributed by atoms with van der Waals surface area (Å²) in [5.74, 6) is -2.81. The number of phenols is 1. The van der Waals surface area contributed by atoms with E-state index in [1.807, 2.05) is 36.4 Å². The van der Waals surface area contributed by atoms with E-state index in [-0.39, 0.29) is 30.0 Å². The fourth-order valence-electron chi connectivity index (χ4n) is 8.78. The molecule has 1 spiro atoms. The number of aromatic hydroxyl groups is 1. The lowest BCUT2D eigenvalue weighted by atomic mass is 9.48. The summed E-state index contributed by atoms with van der Waals surface area (Å²) in [6.07, 6.45) is 1.64. The predicted molar refractivity (Wildman–Crippen MR) is 167 cm³/mol. The number of carboxylic acids is 2. The Bertz CT molecular complexity index is 1690. The average Bonchev–Trinajstić information content (AvgIpc) is 3.74. The predicted octanol–water partition coefficient (Wildman–Crippen LogP) is 1.04. The molecule has 2 amide bonds. The van der Waals surface area contributed by atoms with E-state index in [0.717, 1.165) is 36.2 Å². The summed E-state index contributed by atoms with van der Waals surface area (Å²) in [5.41, 5.74) is 1.60. The number of amides is 2. The summed E-state index contributed by atoms with van der Waals surface area (Å²) >= 11 is 0. The minimum atomic E-state index is -2.27. The van der Waals surface area contributed by atoms with Crippen LogP contribution in [0.1, 0.15) is 55.2 Å². The van der Waals surface area contributed by atoms with Crippen LogP contribution in [0.3, 0.4) is 0 Å². The van der Waals surface area contributed by atoms with Gasteiger partial charge in [-0.1, -0.05) is 36.4 Å². The van der Waals surface area contributed by atoms with Crippen molar-refractivity contribution in [2.75, 3.05) is 13.1 Å². The summed E-state index contributed by atoms with van der Waals surface area (Å²) in [4.78, 5) is 50.5. The number of imide groups is 1. The average molecular weight is 663 g/mol. The number of carbonyl (C=O) groups excluding carboxylic acids is 2. The van der Waals surface area contributed by atoms with Crippen LogP contribution >= 0.6 is 0 Å². The SMILES string of the molecule is O=C(O)C(O)C(O)C(=O)O.O=C1CC(=Cc2ccccc2)C(=O)N1[C@@H]1CCC2(O)[C@H]3Cc4ccc(O)c5c4[C@@]2(CCN3CC2CC2)[C@H]1O5. The van der Waals surface area contributed by atoms with Gasteiger partial charge in [-0.2, -0.15) is 0 Å². The maximum Gasteiger partial charge on any atom is 0.335 e. The molecule has 3 aliphatic heterocycles. The molecule has 13 nitrogen and oxygen atoms in total. The molecular formula is C35H38N2O11. The van der Waals surface area contributed by atoms with Crippen LogP contribution in [0.2, 0.25) is 0 Å². The van der Waals surface area contributed by atoms with Gasteiger partial charge in [0.05, 0.1) is 23.5 Å². The van der Waals surface area contributed by atoms with Crippen molar-refractivity contribution in [3.05, 3.63) is 64.7 Å². The molecule has 254 valence electrons. The van der Waals surface area contributed by atoms with Gasteiger partial charge < -0.3 is 35.4 Å². The molecule has 2 aromatic carbocycles. The van der Waals surface area contributed by atoms with Gasteiger partial charge in [0.2, 0.25) is 5.91 Å². The molecule has 48 heavy (non-hydrogen) atoms. The molecule has 0 radical (unpaired) electrons. The number of hydrogen-bond donors (Lipinski definition) is 6. The lowest BCUT2D eigenvalue weighted by molar-refractivity contribution is -0.201. The fourth-order valence-corrected chi connectivity index (χ4v) is 8.78. The molecule has 3 heterocycles. The highest BCUT2D eigenvalue weighted by Gasteiger charge is 2.74. The minimum Gasteiger partial charge on any atom is -0.504 e. The first-order chi connectivity index (χ1) is 22.9. The van der Waals surface area contributed by atoms with Crippen molar-refractivity contribution in [1.82, 2.24) is 9.80 Å². The lowest BCUT2D eigenvalue weighted by Crippen LogP contribution is -2.78. The molecule has 2 aromatic rings. The molecular weight excluding hydrogens is 624 g/mol. The first-order valence-electron chi connectivity index (χ1n) is 16.3. The van der Waals surface area contributed by atoms with Crippen molar-refractivity contribution in [1.29, 1.82) is 0 Å². The van der Waals surface area contributed by atoms with Gasteiger partial charge in [0.1, 0.15) is 6.10 Å². The van der Waals surface area contributed by atoms with Crippen LogP contribution in [0.4, 0.5) is 0 Å². The Labute approximate surface area is 275 Å². The van der Waals surface area contributed by atoms with E-state index in [2.05, 4.69) is 4.90 Å². The van der Waals surface area contributed by atoms with Gasteiger partial charge in [0.15, 0.2) is 23.7 Å². The molecule has 13 heteroatoms. The van der Waals surface area contributed by atoms with Gasteiger partial charge in [0.25, 0.3) is 5.91 Å². The first-order valence-corrected chi connectivity index (χ1v) is 16.3. The summed E-state index contributed by atoms with van der Waals surface area (Å²) in [5, 5.41) is 56.0. The van der Waals surface area contributed by atoms with E-state index in [1.165, 1.54) is 17.7 Å². The Morgan fingerprint density at radius 2 is 1.67 bits per heavy atom. The molecule has 2 saturated heterocycles. The fraction of sp³-hybridized carbons (Fsp3) is 0.486. The Morgan fingerprint density at radius 1 is 0.979 bits per heavy atom. The van der Waals surface area contributed by atoms with Crippen LogP contribution < -0.4 is 4.74 Å². The van der Waals surface area contributed by atoms with E-state index >= 15 is 0 Å². The van der Waals surface area contributed by atoms with Crippen LogP contribution in [0, 0.1) is 5.92 Å². The zero-order valence-electron chi connectivity index (χ0n) is 26.1. The van der Waals surface area contributed by atoms with E-state index in [9.17, 15) is 29.4 Å². The monoisotopic (exact) mass is 662 g/mol. The van der Waals surface area contributed by atoms with E-state index < -0.39 is 47.3 Å². The standard InChI is InChI=1S/C31H32N2O5.C4H6O6/c34-23-9-8-20-15-24-31(37)11-10-22(33-25(35)16-21(29(33)36)14-18-4-2-1-3-5-18)28-30(31,26(20)27(23)38-28)12-13-32(24)17-19-6-7-19;5-1(3(7)8)2(6)4(9)10/h1-5,8-9,14,19,22,24,28,34,37H,6-7,10-13,15-17H2;1-2,5-6H,(H,7,8)(H,9,10)/t22-,24-,28+,30+,31?;/m1./s1.